The van der Waals surface area contributed by atoms with E-state index in [1.54, 1.807) is 0 Å². The molecule has 1 fully saturated rings. The van der Waals surface area contributed by atoms with Crippen molar-refractivity contribution in [3.05, 3.63) is 47.4 Å². The van der Waals surface area contributed by atoms with E-state index in [0.717, 1.165) is 36.2 Å². The molecule has 0 radical (unpaired) electrons. The molecule has 0 unspecified atom stereocenters. The van der Waals surface area contributed by atoms with Crippen LogP contribution in [0.1, 0.15) is 53.6 Å². The van der Waals surface area contributed by atoms with Crippen LogP contribution >= 0.6 is 0 Å². The molecule has 1 atom stereocenters. The Morgan fingerprint density at radius 3 is 2.96 bits per heavy atom. The quantitative estimate of drug-likeness (QED) is 0.794. The van der Waals surface area contributed by atoms with E-state index in [-0.39, 0.29) is 11.8 Å². The van der Waals surface area contributed by atoms with E-state index in [0.29, 0.717) is 30.3 Å². The molecule has 1 saturated heterocycles. The van der Waals surface area contributed by atoms with E-state index < -0.39 is 0 Å². The average molecular weight is 338 g/mol. The van der Waals surface area contributed by atoms with Crippen LogP contribution in [0.15, 0.2) is 28.7 Å². The molecular weight excluding hydrogens is 316 g/mol. The summed E-state index contributed by atoms with van der Waals surface area (Å²) in [7, 11) is 0. The van der Waals surface area contributed by atoms with Crippen molar-refractivity contribution in [3.8, 4) is 0 Å². The number of benzene rings is 1. The summed E-state index contributed by atoms with van der Waals surface area (Å²) in [6.07, 6.45) is 2.68. The summed E-state index contributed by atoms with van der Waals surface area (Å²) in [5, 5.41) is 0. The first-order valence-electron chi connectivity index (χ1n) is 8.86. The highest BCUT2D eigenvalue weighted by Crippen LogP contribution is 2.28. The second kappa shape index (κ2) is 6.35. The van der Waals surface area contributed by atoms with Gasteiger partial charge in [0.15, 0.2) is 5.89 Å². The number of carbonyl (C=O) groups excluding carboxylic acids is 1. The lowest BCUT2D eigenvalue weighted by Crippen LogP contribution is -2.39. The minimum Gasteiger partial charge on any atom is -0.435 e. The summed E-state index contributed by atoms with van der Waals surface area (Å²) >= 11 is 0. The smallest absolute Gasteiger partial charge is 0.291 e. The van der Waals surface area contributed by atoms with E-state index in [2.05, 4.69) is 9.97 Å². The van der Waals surface area contributed by atoms with Crippen LogP contribution in [0, 0.1) is 6.92 Å². The van der Waals surface area contributed by atoms with Crippen molar-refractivity contribution in [2.24, 2.45) is 0 Å². The summed E-state index contributed by atoms with van der Waals surface area (Å²) in [5.41, 5.74) is 2.69. The molecule has 130 valence electrons. The predicted molar refractivity (Wildman–Crippen MR) is 94.6 cm³/mol. The second-order valence-electron chi connectivity index (χ2n) is 6.61. The maximum Gasteiger partial charge on any atom is 0.291 e. The molecular formula is C19H22N4O2. The van der Waals surface area contributed by atoms with Crippen LogP contribution < -0.4 is 0 Å². The molecule has 0 aliphatic carbocycles. The molecule has 0 bridgehead atoms. The van der Waals surface area contributed by atoms with E-state index in [1.807, 2.05) is 43.0 Å². The van der Waals surface area contributed by atoms with Crippen LogP contribution in [0.3, 0.4) is 0 Å². The number of aromatic amines is 1. The van der Waals surface area contributed by atoms with Crippen molar-refractivity contribution in [3.63, 3.8) is 0 Å². The van der Waals surface area contributed by atoms with E-state index >= 15 is 0 Å². The first-order chi connectivity index (χ1) is 12.2. The fraction of sp³-hybridized carbons (Fsp3) is 0.421. The second-order valence-corrected chi connectivity index (χ2v) is 6.61. The number of para-hydroxylation sites is 2. The van der Waals surface area contributed by atoms with Gasteiger partial charge in [-0.1, -0.05) is 19.1 Å². The molecule has 2 aromatic heterocycles. The van der Waals surface area contributed by atoms with Gasteiger partial charge in [-0.25, -0.2) is 9.97 Å². The summed E-state index contributed by atoms with van der Waals surface area (Å²) in [4.78, 5) is 27.2. The van der Waals surface area contributed by atoms with Crippen molar-refractivity contribution in [1.82, 2.24) is 19.9 Å². The number of nitrogens with one attached hydrogen (secondary N) is 1. The highest BCUT2D eigenvalue weighted by atomic mass is 16.4. The lowest BCUT2D eigenvalue weighted by atomic mass is 9.97. The summed E-state index contributed by atoms with van der Waals surface area (Å²) in [5.74, 6) is 2.11. The lowest BCUT2D eigenvalue weighted by molar-refractivity contribution is 0.0670. The molecule has 1 aliphatic rings. The zero-order chi connectivity index (χ0) is 17.4. The van der Waals surface area contributed by atoms with Gasteiger partial charge in [0.25, 0.3) is 5.91 Å². The number of nitrogens with zero attached hydrogens (tertiary/aromatic N) is 3. The number of likely N-dealkylation sites (tertiary alicyclic amines) is 1. The Morgan fingerprint density at radius 1 is 1.36 bits per heavy atom. The Morgan fingerprint density at radius 2 is 2.20 bits per heavy atom. The number of H-pyrrole nitrogens is 1. The molecule has 1 amide bonds. The number of aryl methyl sites for hydroxylation is 2. The maximum absolute atomic E-state index is 12.9. The monoisotopic (exact) mass is 338 g/mol. The number of amides is 1. The Kier molecular flexibility index (Phi) is 4.03. The van der Waals surface area contributed by atoms with Gasteiger partial charge >= 0.3 is 0 Å². The van der Waals surface area contributed by atoms with Gasteiger partial charge in [-0.05, 0) is 31.9 Å². The third kappa shape index (κ3) is 2.92. The average Bonchev–Trinajstić information content (AvgIpc) is 3.24. The van der Waals surface area contributed by atoms with Crippen LogP contribution in [0.25, 0.3) is 11.0 Å². The number of carbonyl (C=O) groups is 1. The Balaban J connectivity index is 1.55. The van der Waals surface area contributed by atoms with Crippen molar-refractivity contribution < 1.29 is 9.21 Å². The van der Waals surface area contributed by atoms with Gasteiger partial charge in [0.1, 0.15) is 5.82 Å². The molecule has 1 aromatic carbocycles. The minimum atomic E-state index is -0.0643. The van der Waals surface area contributed by atoms with E-state index in [9.17, 15) is 4.79 Å². The molecule has 0 saturated carbocycles. The van der Waals surface area contributed by atoms with Crippen molar-refractivity contribution in [2.75, 3.05) is 13.1 Å². The van der Waals surface area contributed by atoms with Crippen LogP contribution in [0.4, 0.5) is 0 Å². The lowest BCUT2D eigenvalue weighted by Gasteiger charge is -2.31. The molecule has 1 aliphatic heterocycles. The van der Waals surface area contributed by atoms with Gasteiger partial charge in [0.2, 0.25) is 5.76 Å². The molecule has 4 rings (SSSR count). The third-order valence-corrected chi connectivity index (χ3v) is 4.84. The van der Waals surface area contributed by atoms with Gasteiger partial charge in [-0.3, -0.25) is 4.79 Å². The van der Waals surface area contributed by atoms with Crippen molar-refractivity contribution in [1.29, 1.82) is 0 Å². The number of hydrogen-bond acceptors (Lipinski definition) is 4. The predicted octanol–water partition coefficient (Wildman–Crippen LogP) is 3.44. The molecule has 25 heavy (non-hydrogen) atoms. The molecule has 3 heterocycles. The maximum atomic E-state index is 12.9. The minimum absolute atomic E-state index is 0.0643. The number of hydrogen-bond donors (Lipinski definition) is 1. The van der Waals surface area contributed by atoms with Crippen LogP contribution in [0.5, 0.6) is 0 Å². The van der Waals surface area contributed by atoms with Crippen LogP contribution in [-0.2, 0) is 6.42 Å². The number of rotatable bonds is 3. The molecule has 6 heteroatoms. The molecule has 1 N–H and O–H groups in total. The number of aromatic nitrogens is 3. The fourth-order valence-corrected chi connectivity index (χ4v) is 3.50. The van der Waals surface area contributed by atoms with Gasteiger partial charge in [-0.15, -0.1) is 0 Å². The van der Waals surface area contributed by atoms with Gasteiger partial charge in [-0.2, -0.15) is 0 Å². The first-order valence-corrected chi connectivity index (χ1v) is 8.86. The van der Waals surface area contributed by atoms with Crippen molar-refractivity contribution in [2.45, 2.75) is 39.0 Å². The SMILES string of the molecule is CCc1nc(C)c(C(=O)N2CCC[C@H](c3nc4ccccc4[nH]3)C2)o1. The number of piperidine rings is 1. The molecule has 0 spiro atoms. The van der Waals surface area contributed by atoms with Gasteiger partial charge in [0.05, 0.1) is 16.7 Å². The fourth-order valence-electron chi connectivity index (χ4n) is 3.50. The Labute approximate surface area is 146 Å². The number of fused-ring (bicyclic) bond motifs is 1. The summed E-state index contributed by atoms with van der Waals surface area (Å²) < 4.78 is 5.64. The van der Waals surface area contributed by atoms with Crippen LogP contribution in [0.2, 0.25) is 0 Å². The largest absolute Gasteiger partial charge is 0.435 e. The van der Waals surface area contributed by atoms with Crippen molar-refractivity contribution >= 4 is 16.9 Å². The Bertz CT molecular complexity index is 878. The summed E-state index contributed by atoms with van der Waals surface area (Å²) in [6, 6.07) is 8.02. The van der Waals surface area contributed by atoms with Crippen LogP contribution in [-0.4, -0.2) is 38.8 Å². The molecule has 6 nitrogen and oxygen atoms in total. The van der Waals surface area contributed by atoms with Gasteiger partial charge in [0, 0.05) is 25.4 Å². The molecule has 3 aromatic rings. The number of oxazole rings is 1. The highest BCUT2D eigenvalue weighted by molar-refractivity contribution is 5.92. The summed E-state index contributed by atoms with van der Waals surface area (Å²) in [6.45, 7) is 5.20. The Hall–Kier alpha value is -2.63. The normalized spacial score (nSPS) is 18.0. The topological polar surface area (TPSA) is 75.0 Å². The van der Waals surface area contributed by atoms with E-state index in [1.165, 1.54) is 0 Å². The zero-order valence-electron chi connectivity index (χ0n) is 14.6. The first kappa shape index (κ1) is 15.9. The standard InChI is InChI=1S/C19H22N4O2/c1-3-16-20-12(2)17(25-16)19(24)23-10-6-7-13(11-23)18-21-14-8-4-5-9-15(14)22-18/h4-5,8-9,13H,3,6-7,10-11H2,1-2H3,(H,21,22)/t13-/m0/s1. The highest BCUT2D eigenvalue weighted by Gasteiger charge is 2.30. The number of imidazole rings is 1. The third-order valence-electron chi connectivity index (χ3n) is 4.84. The zero-order valence-corrected chi connectivity index (χ0v) is 14.6. The van der Waals surface area contributed by atoms with Gasteiger partial charge < -0.3 is 14.3 Å². The van der Waals surface area contributed by atoms with E-state index in [4.69, 9.17) is 9.40 Å².